The highest BCUT2D eigenvalue weighted by Crippen LogP contribution is 2.20. The minimum absolute atomic E-state index is 0.715. The third-order valence-electron chi connectivity index (χ3n) is 0.234. The molecule has 48 valence electrons. The normalized spacial score (nSPS) is 9.22. The number of rotatable bonds is 2. The lowest BCUT2D eigenvalue weighted by molar-refractivity contribution is 0.204. The summed E-state index contributed by atoms with van der Waals surface area (Å²) in [5, 5.41) is 20.1. The van der Waals surface area contributed by atoms with Crippen molar-refractivity contribution in [1.29, 1.82) is 5.26 Å². The average Bonchev–Trinajstić information content (AvgIpc) is 1.80. The fraction of sp³-hybridized carbons (Fsp3) is 0. The first kappa shape index (κ1) is 8.26. The van der Waals surface area contributed by atoms with E-state index in [0.717, 1.165) is 10.8 Å². The van der Waals surface area contributed by atoms with Crippen molar-refractivity contribution in [3.05, 3.63) is 0 Å². The van der Waals surface area contributed by atoms with E-state index >= 15 is 0 Å². The molecule has 0 saturated carbocycles. The van der Waals surface area contributed by atoms with Crippen LogP contribution in [0.5, 0.6) is 0 Å². The van der Waals surface area contributed by atoms with Crippen LogP contribution in [-0.4, -0.2) is 11.2 Å². The third kappa shape index (κ3) is 7.26. The SMILES string of the molecule is N#CSSN=NC(=O)O. The Morgan fingerprint density at radius 3 is 2.89 bits per heavy atom. The zero-order valence-corrected chi connectivity index (χ0v) is 5.65. The fourth-order valence-electron chi connectivity index (χ4n) is 0.0849. The van der Waals surface area contributed by atoms with Gasteiger partial charge in [0.2, 0.25) is 0 Å². The van der Waals surface area contributed by atoms with E-state index in [4.69, 9.17) is 10.4 Å². The van der Waals surface area contributed by atoms with E-state index in [1.165, 1.54) is 0 Å². The molecule has 0 aliphatic carbocycles. The molecule has 0 atom stereocenters. The molecule has 0 fully saturated rings. The van der Waals surface area contributed by atoms with Gasteiger partial charge in [-0.3, -0.25) is 0 Å². The molecule has 0 spiro atoms. The molecule has 5 nitrogen and oxygen atoms in total. The highest BCUT2D eigenvalue weighted by molar-refractivity contribution is 8.77. The van der Waals surface area contributed by atoms with Gasteiger partial charge in [-0.25, -0.2) is 4.79 Å². The summed E-state index contributed by atoms with van der Waals surface area (Å²) in [5.41, 5.74) is 0. The molecule has 0 heterocycles. The van der Waals surface area contributed by atoms with Crippen molar-refractivity contribution in [1.82, 2.24) is 0 Å². The lowest BCUT2D eigenvalue weighted by Crippen LogP contribution is -1.78. The number of thiocyanates is 1. The van der Waals surface area contributed by atoms with Crippen molar-refractivity contribution in [3.63, 3.8) is 0 Å². The number of nitriles is 1. The van der Waals surface area contributed by atoms with E-state index in [-0.39, 0.29) is 0 Å². The number of carbonyl (C=O) groups is 1. The van der Waals surface area contributed by atoms with E-state index in [9.17, 15) is 4.79 Å². The van der Waals surface area contributed by atoms with Crippen LogP contribution in [0, 0.1) is 10.7 Å². The number of nitrogens with zero attached hydrogens (tertiary/aromatic N) is 3. The van der Waals surface area contributed by atoms with E-state index in [1.54, 1.807) is 5.40 Å². The lowest BCUT2D eigenvalue weighted by Gasteiger charge is -1.75. The summed E-state index contributed by atoms with van der Waals surface area (Å²) in [4.78, 5) is 9.60. The van der Waals surface area contributed by atoms with E-state index in [0.29, 0.717) is 11.0 Å². The molecule has 0 aliphatic heterocycles. The topological polar surface area (TPSA) is 85.8 Å². The Hall–Kier alpha value is -0.740. The lowest BCUT2D eigenvalue weighted by atomic mass is 11.3. The molecular formula is C2HN3O2S2. The highest BCUT2D eigenvalue weighted by atomic mass is 33.1. The average molecular weight is 163 g/mol. The summed E-state index contributed by atoms with van der Waals surface area (Å²) in [7, 11) is 1.46. The minimum atomic E-state index is -1.36. The van der Waals surface area contributed by atoms with Crippen molar-refractivity contribution in [3.8, 4) is 5.40 Å². The fourth-order valence-corrected chi connectivity index (χ4v) is 0.555. The monoisotopic (exact) mass is 163 g/mol. The Kier molecular flexibility index (Phi) is 4.95. The number of hydrogen-bond acceptors (Lipinski definition) is 5. The second kappa shape index (κ2) is 5.40. The molecular weight excluding hydrogens is 162 g/mol. The standard InChI is InChI=1S/C2HN3O2S2/c3-1-8-9-5-4-2(6)7/h(H,6,7). The zero-order chi connectivity index (χ0) is 7.11. The second-order valence-corrected chi connectivity index (χ2v) is 2.32. The van der Waals surface area contributed by atoms with Gasteiger partial charge >= 0.3 is 6.09 Å². The van der Waals surface area contributed by atoms with Gasteiger partial charge in [0.15, 0.2) is 0 Å². The molecule has 0 radical (unpaired) electrons. The molecule has 0 aromatic carbocycles. The number of hydrogen-bond donors (Lipinski definition) is 1. The van der Waals surface area contributed by atoms with E-state index in [1.807, 2.05) is 0 Å². The third-order valence-corrected chi connectivity index (χ3v) is 1.18. The van der Waals surface area contributed by atoms with Crippen molar-refractivity contribution in [2.45, 2.75) is 0 Å². The molecule has 0 unspecified atom stereocenters. The largest absolute Gasteiger partial charge is 0.462 e. The molecule has 1 N–H and O–H groups in total. The van der Waals surface area contributed by atoms with Crippen molar-refractivity contribution < 1.29 is 9.90 Å². The summed E-state index contributed by atoms with van der Waals surface area (Å²) in [5.74, 6) is 0. The molecule has 0 aromatic heterocycles. The summed E-state index contributed by atoms with van der Waals surface area (Å²) in [6, 6.07) is 0. The summed E-state index contributed by atoms with van der Waals surface area (Å²) >= 11 is 0. The maximum atomic E-state index is 9.60. The molecule has 0 aromatic rings. The first-order chi connectivity index (χ1) is 4.27. The maximum absolute atomic E-state index is 9.60. The summed E-state index contributed by atoms with van der Waals surface area (Å²) in [6.07, 6.45) is -1.36. The predicted molar refractivity (Wildman–Crippen MR) is 33.7 cm³/mol. The van der Waals surface area contributed by atoms with E-state index < -0.39 is 6.09 Å². The predicted octanol–water partition coefficient (Wildman–Crippen LogP) is 1.89. The van der Waals surface area contributed by atoms with Gasteiger partial charge in [-0.15, -0.1) is 0 Å². The maximum Gasteiger partial charge on any atom is 0.450 e. The molecule has 7 heteroatoms. The van der Waals surface area contributed by atoms with Gasteiger partial charge in [0.25, 0.3) is 0 Å². The van der Waals surface area contributed by atoms with Gasteiger partial charge in [0.1, 0.15) is 5.40 Å². The van der Waals surface area contributed by atoms with E-state index in [2.05, 4.69) is 9.63 Å². The molecule has 9 heavy (non-hydrogen) atoms. The first-order valence-corrected chi connectivity index (χ1v) is 3.74. The van der Waals surface area contributed by atoms with Gasteiger partial charge < -0.3 is 5.11 Å². The van der Waals surface area contributed by atoms with Crippen molar-refractivity contribution >= 4 is 27.9 Å². The summed E-state index contributed by atoms with van der Waals surface area (Å²) < 4.78 is 3.04. The van der Waals surface area contributed by atoms with Gasteiger partial charge in [-0.1, -0.05) is 9.63 Å². The van der Waals surface area contributed by atoms with Gasteiger partial charge in [-0.05, 0) is 0 Å². The molecule has 0 bridgehead atoms. The van der Waals surface area contributed by atoms with Crippen LogP contribution >= 0.6 is 21.8 Å². The Morgan fingerprint density at radius 1 is 1.78 bits per heavy atom. The molecule has 1 amide bonds. The van der Waals surface area contributed by atoms with Crippen LogP contribution in [0.3, 0.4) is 0 Å². The molecule has 0 saturated heterocycles. The number of amides is 1. The first-order valence-electron chi connectivity index (χ1n) is 1.63. The highest BCUT2D eigenvalue weighted by Gasteiger charge is 1.87. The molecule has 0 rings (SSSR count). The Morgan fingerprint density at radius 2 is 2.44 bits per heavy atom. The molecule has 0 aliphatic rings. The Labute approximate surface area is 58.7 Å². The van der Waals surface area contributed by atoms with Crippen LogP contribution in [0.15, 0.2) is 9.63 Å². The van der Waals surface area contributed by atoms with Crippen LogP contribution in [0.2, 0.25) is 0 Å². The van der Waals surface area contributed by atoms with Gasteiger partial charge in [0, 0.05) is 10.8 Å². The van der Waals surface area contributed by atoms with Crippen molar-refractivity contribution in [2.75, 3.05) is 0 Å². The smallest absolute Gasteiger partial charge is 0.450 e. The van der Waals surface area contributed by atoms with Crippen LogP contribution < -0.4 is 0 Å². The van der Waals surface area contributed by atoms with Gasteiger partial charge in [0.05, 0.1) is 11.0 Å². The van der Waals surface area contributed by atoms with Crippen LogP contribution in [0.25, 0.3) is 0 Å². The zero-order valence-electron chi connectivity index (χ0n) is 4.01. The van der Waals surface area contributed by atoms with Crippen LogP contribution in [0.4, 0.5) is 4.79 Å². The summed E-state index contributed by atoms with van der Waals surface area (Å²) in [6.45, 7) is 0. The van der Waals surface area contributed by atoms with Gasteiger partial charge in [-0.2, -0.15) is 5.26 Å². The Bertz CT molecular complexity index is 162. The number of carboxylic acid groups (broad SMARTS) is 1. The quantitative estimate of drug-likeness (QED) is 0.221. The second-order valence-electron chi connectivity index (χ2n) is 0.713. The minimum Gasteiger partial charge on any atom is -0.462 e. The van der Waals surface area contributed by atoms with Crippen molar-refractivity contribution in [2.24, 2.45) is 9.63 Å². The van der Waals surface area contributed by atoms with Crippen LogP contribution in [-0.2, 0) is 0 Å². The Balaban J connectivity index is 3.28. The van der Waals surface area contributed by atoms with Crippen LogP contribution in [0.1, 0.15) is 0 Å².